The van der Waals surface area contributed by atoms with Crippen LogP contribution in [0.3, 0.4) is 0 Å². The summed E-state index contributed by atoms with van der Waals surface area (Å²) < 4.78 is 4.93. The van der Waals surface area contributed by atoms with E-state index in [1.807, 2.05) is 5.38 Å². The highest BCUT2D eigenvalue weighted by Crippen LogP contribution is 2.24. The summed E-state index contributed by atoms with van der Waals surface area (Å²) in [6.07, 6.45) is 0. The highest BCUT2D eigenvalue weighted by Gasteiger charge is 2.12. The van der Waals surface area contributed by atoms with Gasteiger partial charge in [-0.05, 0) is 29.6 Å². The van der Waals surface area contributed by atoms with Crippen LogP contribution in [0.5, 0.6) is 0 Å². The molecule has 2 aromatic rings. The van der Waals surface area contributed by atoms with Crippen molar-refractivity contribution in [3.05, 3.63) is 51.2 Å². The Kier molecular flexibility index (Phi) is 7.87. The summed E-state index contributed by atoms with van der Waals surface area (Å²) in [5, 5.41) is 10.9. The van der Waals surface area contributed by atoms with Crippen LogP contribution in [-0.4, -0.2) is 45.2 Å². The zero-order valence-electron chi connectivity index (χ0n) is 13.8. The van der Waals surface area contributed by atoms with E-state index >= 15 is 0 Å². The van der Waals surface area contributed by atoms with E-state index in [4.69, 9.17) is 16.3 Å². The van der Waals surface area contributed by atoms with E-state index < -0.39 is 0 Å². The number of hydrogen-bond acceptors (Lipinski definition) is 5. The van der Waals surface area contributed by atoms with Gasteiger partial charge in [0.25, 0.3) is 11.8 Å². The van der Waals surface area contributed by atoms with Crippen LogP contribution in [0.25, 0.3) is 0 Å². The standard InChI is InChI=1S/C17H20ClN3O3S/c1-24-9-8-19-6-7-20-16(22)12-4-5-13(18)14(11-12)21-17(23)15-3-2-10-25-15/h2-5,10-11,19H,6-9H2,1H3,(H,20,22)(H,21,23). The summed E-state index contributed by atoms with van der Waals surface area (Å²) in [5.74, 6) is -0.478. The summed E-state index contributed by atoms with van der Waals surface area (Å²) >= 11 is 7.45. The fourth-order valence-electron chi connectivity index (χ4n) is 2.02. The normalized spacial score (nSPS) is 10.5. The third kappa shape index (κ3) is 6.13. The fourth-order valence-corrected chi connectivity index (χ4v) is 2.80. The van der Waals surface area contributed by atoms with Gasteiger partial charge in [-0.2, -0.15) is 0 Å². The lowest BCUT2D eigenvalue weighted by molar-refractivity contribution is 0.0952. The molecule has 2 amide bonds. The molecule has 0 aliphatic rings. The van der Waals surface area contributed by atoms with Gasteiger partial charge in [0.15, 0.2) is 0 Å². The van der Waals surface area contributed by atoms with Crippen molar-refractivity contribution in [2.75, 3.05) is 38.7 Å². The van der Waals surface area contributed by atoms with Gasteiger partial charge in [-0.25, -0.2) is 0 Å². The van der Waals surface area contributed by atoms with Gasteiger partial charge in [0.1, 0.15) is 0 Å². The molecule has 2 rings (SSSR count). The highest BCUT2D eigenvalue weighted by atomic mass is 35.5. The summed E-state index contributed by atoms with van der Waals surface area (Å²) in [4.78, 5) is 24.9. The second-order valence-corrected chi connectivity index (χ2v) is 6.48. The number of amides is 2. The summed E-state index contributed by atoms with van der Waals surface area (Å²) in [5.41, 5.74) is 0.841. The average Bonchev–Trinajstić information content (AvgIpc) is 3.14. The Morgan fingerprint density at radius 2 is 2.00 bits per heavy atom. The Balaban J connectivity index is 1.91. The molecular formula is C17H20ClN3O3S. The number of thiophene rings is 1. The van der Waals surface area contributed by atoms with Crippen molar-refractivity contribution < 1.29 is 14.3 Å². The molecule has 0 spiro atoms. The third-order valence-corrected chi connectivity index (χ3v) is 4.49. The van der Waals surface area contributed by atoms with Crippen LogP contribution in [0, 0.1) is 0 Å². The molecule has 3 N–H and O–H groups in total. The molecule has 1 aromatic carbocycles. The largest absolute Gasteiger partial charge is 0.383 e. The molecule has 134 valence electrons. The van der Waals surface area contributed by atoms with Gasteiger partial charge in [0.2, 0.25) is 0 Å². The second kappa shape index (κ2) is 10.1. The highest BCUT2D eigenvalue weighted by molar-refractivity contribution is 7.12. The minimum atomic E-state index is -0.253. The first kappa shape index (κ1) is 19.4. The predicted octanol–water partition coefficient (Wildman–Crippen LogP) is 2.62. The molecule has 1 aromatic heterocycles. The van der Waals surface area contributed by atoms with Crippen LogP contribution < -0.4 is 16.0 Å². The van der Waals surface area contributed by atoms with Crippen LogP contribution in [0.4, 0.5) is 5.69 Å². The smallest absolute Gasteiger partial charge is 0.265 e. The minimum Gasteiger partial charge on any atom is -0.383 e. The Bertz CT molecular complexity index is 707. The Labute approximate surface area is 155 Å². The van der Waals surface area contributed by atoms with Gasteiger partial charge in [-0.15, -0.1) is 11.3 Å². The lowest BCUT2D eigenvalue weighted by Gasteiger charge is -2.10. The van der Waals surface area contributed by atoms with Gasteiger partial charge < -0.3 is 20.7 Å². The zero-order chi connectivity index (χ0) is 18.1. The number of carbonyl (C=O) groups excluding carboxylic acids is 2. The molecule has 1 heterocycles. The molecular weight excluding hydrogens is 362 g/mol. The van der Waals surface area contributed by atoms with Gasteiger partial charge in [-0.1, -0.05) is 17.7 Å². The quantitative estimate of drug-likeness (QED) is 0.583. The van der Waals surface area contributed by atoms with Crippen molar-refractivity contribution in [3.63, 3.8) is 0 Å². The van der Waals surface area contributed by atoms with E-state index in [2.05, 4.69) is 16.0 Å². The Morgan fingerprint density at radius 3 is 2.72 bits per heavy atom. The second-order valence-electron chi connectivity index (χ2n) is 5.12. The zero-order valence-corrected chi connectivity index (χ0v) is 15.4. The van der Waals surface area contributed by atoms with Gasteiger partial charge in [-0.3, -0.25) is 9.59 Å². The number of ether oxygens (including phenoxy) is 1. The molecule has 0 aliphatic heterocycles. The first-order valence-electron chi connectivity index (χ1n) is 7.74. The molecule has 25 heavy (non-hydrogen) atoms. The van der Waals surface area contributed by atoms with Gasteiger partial charge in [0.05, 0.1) is 22.2 Å². The maximum Gasteiger partial charge on any atom is 0.265 e. The number of hydrogen-bond donors (Lipinski definition) is 3. The lowest BCUT2D eigenvalue weighted by atomic mass is 10.2. The molecule has 0 bridgehead atoms. The maximum atomic E-state index is 12.2. The van der Waals surface area contributed by atoms with Crippen molar-refractivity contribution in [2.45, 2.75) is 0 Å². The number of anilines is 1. The monoisotopic (exact) mass is 381 g/mol. The molecule has 0 saturated heterocycles. The van der Waals surface area contributed by atoms with E-state index in [1.165, 1.54) is 11.3 Å². The van der Waals surface area contributed by atoms with Crippen molar-refractivity contribution in [3.8, 4) is 0 Å². The van der Waals surface area contributed by atoms with Gasteiger partial charge >= 0.3 is 0 Å². The number of halogens is 1. The Morgan fingerprint density at radius 1 is 1.16 bits per heavy atom. The summed E-state index contributed by atoms with van der Waals surface area (Å²) in [6, 6.07) is 8.31. The van der Waals surface area contributed by atoms with E-state index in [9.17, 15) is 9.59 Å². The molecule has 0 aliphatic carbocycles. The van der Waals surface area contributed by atoms with Crippen molar-refractivity contribution in [1.82, 2.24) is 10.6 Å². The first-order valence-corrected chi connectivity index (χ1v) is 9.00. The molecule has 8 heteroatoms. The van der Waals surface area contributed by atoms with E-state index in [-0.39, 0.29) is 11.8 Å². The molecule has 0 fully saturated rings. The SMILES string of the molecule is COCCNCCNC(=O)c1ccc(Cl)c(NC(=O)c2cccs2)c1. The summed E-state index contributed by atoms with van der Waals surface area (Å²) in [6.45, 7) is 2.48. The van der Waals surface area contributed by atoms with E-state index in [0.29, 0.717) is 40.8 Å². The topological polar surface area (TPSA) is 79.5 Å². The predicted molar refractivity (Wildman–Crippen MR) is 101 cm³/mol. The Hall–Kier alpha value is -1.93. The van der Waals surface area contributed by atoms with Crippen LogP contribution in [0.15, 0.2) is 35.7 Å². The fraction of sp³-hybridized carbons (Fsp3) is 0.294. The number of rotatable bonds is 9. The average molecular weight is 382 g/mol. The lowest BCUT2D eigenvalue weighted by Crippen LogP contribution is -2.33. The maximum absolute atomic E-state index is 12.2. The van der Waals surface area contributed by atoms with Gasteiger partial charge in [0, 0.05) is 32.3 Å². The van der Waals surface area contributed by atoms with E-state index in [0.717, 1.165) is 6.54 Å². The van der Waals surface area contributed by atoms with Crippen LogP contribution in [-0.2, 0) is 4.74 Å². The van der Waals surface area contributed by atoms with Crippen molar-refractivity contribution in [1.29, 1.82) is 0 Å². The number of benzene rings is 1. The minimum absolute atomic E-state index is 0.225. The molecule has 0 unspecified atom stereocenters. The summed E-state index contributed by atoms with van der Waals surface area (Å²) in [7, 11) is 1.64. The molecule has 6 nitrogen and oxygen atoms in total. The third-order valence-electron chi connectivity index (χ3n) is 3.29. The molecule has 0 radical (unpaired) electrons. The molecule has 0 atom stereocenters. The van der Waals surface area contributed by atoms with Crippen molar-refractivity contribution in [2.24, 2.45) is 0 Å². The van der Waals surface area contributed by atoms with Crippen LogP contribution >= 0.6 is 22.9 Å². The van der Waals surface area contributed by atoms with Crippen molar-refractivity contribution >= 4 is 40.4 Å². The number of nitrogens with one attached hydrogen (secondary N) is 3. The number of carbonyl (C=O) groups is 2. The van der Waals surface area contributed by atoms with Crippen LogP contribution in [0.1, 0.15) is 20.0 Å². The first-order chi connectivity index (χ1) is 12.1. The number of methoxy groups -OCH3 is 1. The van der Waals surface area contributed by atoms with E-state index in [1.54, 1.807) is 37.4 Å². The molecule has 0 saturated carbocycles. The van der Waals surface area contributed by atoms with Crippen LogP contribution in [0.2, 0.25) is 5.02 Å².